The van der Waals surface area contributed by atoms with E-state index in [0.717, 1.165) is 5.56 Å². The molecule has 0 spiro atoms. The van der Waals surface area contributed by atoms with Crippen LogP contribution in [-0.2, 0) is 5.41 Å². The maximum atomic E-state index is 7.23. The predicted octanol–water partition coefficient (Wildman–Crippen LogP) is 3.46. The molecule has 0 aromatic heterocycles. The molecule has 0 bridgehead atoms. The Morgan fingerprint density at radius 2 is 2.21 bits per heavy atom. The summed E-state index contributed by atoms with van der Waals surface area (Å²) >= 11 is 1.92. The molecule has 1 N–H and O–H groups in total. The van der Waals surface area contributed by atoms with Gasteiger partial charge in [-0.2, -0.15) is 0 Å². The maximum Gasteiger partial charge on any atom is 0.0250 e. The molecular formula is C12H15NS. The highest BCUT2D eigenvalue weighted by molar-refractivity contribution is 7.99. The first-order valence-electron chi connectivity index (χ1n) is 4.91. The van der Waals surface area contributed by atoms with E-state index in [1.165, 1.54) is 28.8 Å². The van der Waals surface area contributed by atoms with E-state index < -0.39 is 0 Å². The van der Waals surface area contributed by atoms with Gasteiger partial charge in [-0.1, -0.05) is 26.0 Å². The van der Waals surface area contributed by atoms with E-state index in [1.807, 2.05) is 17.8 Å². The van der Waals surface area contributed by atoms with Gasteiger partial charge in [0.25, 0.3) is 0 Å². The van der Waals surface area contributed by atoms with Crippen molar-refractivity contribution in [2.75, 3.05) is 5.75 Å². The molecule has 0 saturated carbocycles. The minimum Gasteiger partial charge on any atom is -0.308 e. The van der Waals surface area contributed by atoms with Crippen LogP contribution in [0.2, 0.25) is 0 Å². The van der Waals surface area contributed by atoms with Crippen molar-refractivity contribution in [3.05, 3.63) is 29.3 Å². The lowest BCUT2D eigenvalue weighted by molar-refractivity contribution is 0.494. The van der Waals surface area contributed by atoms with Crippen LogP contribution < -0.4 is 0 Å². The minimum absolute atomic E-state index is 0.307. The minimum atomic E-state index is 0.307. The second kappa shape index (κ2) is 3.43. The zero-order chi connectivity index (χ0) is 10.2. The fraction of sp³-hybridized carbons (Fsp3) is 0.417. The molecule has 2 heteroatoms. The van der Waals surface area contributed by atoms with Crippen LogP contribution in [0.15, 0.2) is 23.1 Å². The Morgan fingerprint density at radius 1 is 1.43 bits per heavy atom. The van der Waals surface area contributed by atoms with Crippen molar-refractivity contribution in [2.24, 2.45) is 0 Å². The molecule has 0 saturated heterocycles. The molecule has 14 heavy (non-hydrogen) atoms. The largest absolute Gasteiger partial charge is 0.308 e. The van der Waals surface area contributed by atoms with Crippen LogP contribution in [0, 0.1) is 5.41 Å². The molecule has 1 aromatic carbocycles. The number of nitrogens with one attached hydrogen (secondary N) is 1. The highest BCUT2D eigenvalue weighted by atomic mass is 32.2. The Labute approximate surface area is 89.4 Å². The lowest BCUT2D eigenvalue weighted by Gasteiger charge is -2.32. The van der Waals surface area contributed by atoms with Gasteiger partial charge in [-0.15, -0.1) is 11.8 Å². The average Bonchev–Trinajstić information content (AvgIpc) is 2.16. The smallest absolute Gasteiger partial charge is 0.0250 e. The van der Waals surface area contributed by atoms with Gasteiger partial charge in [0.05, 0.1) is 0 Å². The molecular weight excluding hydrogens is 190 g/mol. The fourth-order valence-electron chi connectivity index (χ4n) is 1.86. The molecule has 2 rings (SSSR count). The summed E-state index contributed by atoms with van der Waals surface area (Å²) in [6.45, 7) is 4.60. The quantitative estimate of drug-likeness (QED) is 0.697. The Morgan fingerprint density at radius 3 is 2.93 bits per heavy atom. The summed E-state index contributed by atoms with van der Waals surface area (Å²) < 4.78 is 0. The SMILES string of the molecule is CC1(C)CCSc2cc(C=N)ccc21. The average molecular weight is 205 g/mol. The molecule has 0 unspecified atom stereocenters. The zero-order valence-electron chi connectivity index (χ0n) is 8.63. The second-order valence-electron chi connectivity index (χ2n) is 4.38. The number of hydrogen-bond acceptors (Lipinski definition) is 2. The van der Waals surface area contributed by atoms with Crippen LogP contribution in [-0.4, -0.2) is 12.0 Å². The number of rotatable bonds is 1. The van der Waals surface area contributed by atoms with Crippen LogP contribution >= 0.6 is 11.8 Å². The van der Waals surface area contributed by atoms with Crippen LogP contribution in [0.25, 0.3) is 0 Å². The van der Waals surface area contributed by atoms with Gasteiger partial charge in [-0.3, -0.25) is 0 Å². The summed E-state index contributed by atoms with van der Waals surface area (Å²) in [5, 5.41) is 7.23. The summed E-state index contributed by atoms with van der Waals surface area (Å²) in [6, 6.07) is 6.36. The molecule has 0 fully saturated rings. The molecule has 0 atom stereocenters. The van der Waals surface area contributed by atoms with Gasteiger partial charge in [0.15, 0.2) is 0 Å². The van der Waals surface area contributed by atoms with Gasteiger partial charge in [0.2, 0.25) is 0 Å². The highest BCUT2D eigenvalue weighted by Crippen LogP contribution is 2.41. The number of hydrogen-bond donors (Lipinski definition) is 1. The maximum absolute atomic E-state index is 7.23. The Hall–Kier alpha value is -0.760. The number of benzene rings is 1. The van der Waals surface area contributed by atoms with Crippen molar-refractivity contribution in [3.8, 4) is 0 Å². The standard InChI is InChI=1S/C12H15NS/c1-12(2)5-6-14-11-7-9(8-13)3-4-10(11)12/h3-4,7-8,13H,5-6H2,1-2H3. The topological polar surface area (TPSA) is 23.9 Å². The van der Waals surface area contributed by atoms with Crippen LogP contribution in [0.1, 0.15) is 31.4 Å². The molecule has 1 nitrogen and oxygen atoms in total. The van der Waals surface area contributed by atoms with Crippen molar-refractivity contribution in [2.45, 2.75) is 30.6 Å². The van der Waals surface area contributed by atoms with Crippen molar-refractivity contribution >= 4 is 18.0 Å². The third-order valence-corrected chi connectivity index (χ3v) is 3.94. The number of fused-ring (bicyclic) bond motifs is 1. The van der Waals surface area contributed by atoms with Crippen LogP contribution in [0.4, 0.5) is 0 Å². The lowest BCUT2D eigenvalue weighted by atomic mass is 9.81. The summed E-state index contributed by atoms with van der Waals surface area (Å²) in [5.74, 6) is 1.20. The van der Waals surface area contributed by atoms with Gasteiger partial charge in [-0.05, 0) is 34.8 Å². The van der Waals surface area contributed by atoms with Crippen LogP contribution in [0.3, 0.4) is 0 Å². The van der Waals surface area contributed by atoms with Crippen molar-refractivity contribution in [3.63, 3.8) is 0 Å². The van der Waals surface area contributed by atoms with Gasteiger partial charge in [0, 0.05) is 11.1 Å². The zero-order valence-corrected chi connectivity index (χ0v) is 9.45. The van der Waals surface area contributed by atoms with Crippen LogP contribution in [0.5, 0.6) is 0 Å². The number of thioether (sulfide) groups is 1. The highest BCUT2D eigenvalue weighted by Gasteiger charge is 2.27. The third kappa shape index (κ3) is 1.59. The molecule has 1 aliphatic rings. The van der Waals surface area contributed by atoms with E-state index in [2.05, 4.69) is 26.0 Å². The molecule has 1 aromatic rings. The molecule has 74 valence electrons. The Bertz CT molecular complexity index is 369. The van der Waals surface area contributed by atoms with Crippen molar-refractivity contribution in [1.29, 1.82) is 5.41 Å². The molecule has 0 amide bonds. The summed E-state index contributed by atoms with van der Waals surface area (Å²) in [6.07, 6.45) is 2.66. The monoisotopic (exact) mass is 205 g/mol. The second-order valence-corrected chi connectivity index (χ2v) is 5.52. The van der Waals surface area contributed by atoms with E-state index in [4.69, 9.17) is 5.41 Å². The van der Waals surface area contributed by atoms with E-state index in [0.29, 0.717) is 5.41 Å². The van der Waals surface area contributed by atoms with E-state index in [1.54, 1.807) is 0 Å². The van der Waals surface area contributed by atoms with Gasteiger partial charge >= 0.3 is 0 Å². The van der Waals surface area contributed by atoms with Crippen molar-refractivity contribution in [1.82, 2.24) is 0 Å². The lowest BCUT2D eigenvalue weighted by Crippen LogP contribution is -2.22. The summed E-state index contributed by atoms with van der Waals surface area (Å²) in [4.78, 5) is 1.36. The first-order chi connectivity index (χ1) is 6.63. The first kappa shape index (κ1) is 9.78. The molecule has 1 aliphatic heterocycles. The van der Waals surface area contributed by atoms with Gasteiger partial charge in [0.1, 0.15) is 0 Å². The normalized spacial score (nSPS) is 18.7. The van der Waals surface area contributed by atoms with E-state index >= 15 is 0 Å². The van der Waals surface area contributed by atoms with E-state index in [-0.39, 0.29) is 0 Å². The molecule has 0 radical (unpaired) electrons. The fourth-order valence-corrected chi connectivity index (χ4v) is 3.41. The summed E-state index contributed by atoms with van der Waals surface area (Å²) in [5.41, 5.74) is 2.76. The summed E-state index contributed by atoms with van der Waals surface area (Å²) in [7, 11) is 0. The van der Waals surface area contributed by atoms with Crippen molar-refractivity contribution < 1.29 is 0 Å². The predicted molar refractivity (Wildman–Crippen MR) is 62.7 cm³/mol. The first-order valence-corrected chi connectivity index (χ1v) is 5.90. The molecule has 1 heterocycles. The molecule has 0 aliphatic carbocycles. The third-order valence-electron chi connectivity index (χ3n) is 2.89. The Kier molecular flexibility index (Phi) is 2.40. The Balaban J connectivity index is 2.51. The van der Waals surface area contributed by atoms with Gasteiger partial charge < -0.3 is 5.41 Å². The van der Waals surface area contributed by atoms with Gasteiger partial charge in [-0.25, -0.2) is 0 Å². The van der Waals surface area contributed by atoms with E-state index in [9.17, 15) is 0 Å².